The summed E-state index contributed by atoms with van der Waals surface area (Å²) in [6.07, 6.45) is 7.15. The van der Waals surface area contributed by atoms with Crippen molar-refractivity contribution in [2.75, 3.05) is 18.0 Å². The molecule has 3 rings (SSSR count). The van der Waals surface area contributed by atoms with E-state index < -0.39 is 0 Å². The van der Waals surface area contributed by atoms with Gasteiger partial charge in [0.1, 0.15) is 0 Å². The van der Waals surface area contributed by atoms with Gasteiger partial charge in [0.05, 0.1) is 0 Å². The predicted octanol–water partition coefficient (Wildman–Crippen LogP) is 6.27. The Balaban J connectivity index is 1.81. The van der Waals surface area contributed by atoms with Gasteiger partial charge in [-0.2, -0.15) is 0 Å². The molecule has 0 amide bonds. The molecular formula is C25H30N2. The van der Waals surface area contributed by atoms with Gasteiger partial charge in [-0.25, -0.2) is 0 Å². The van der Waals surface area contributed by atoms with Crippen molar-refractivity contribution < 1.29 is 0 Å². The summed E-state index contributed by atoms with van der Waals surface area (Å²) in [5, 5.41) is 0. The van der Waals surface area contributed by atoms with Crippen LogP contribution < -0.4 is 4.90 Å². The molecule has 2 aromatic carbocycles. The highest BCUT2D eigenvalue weighted by atomic mass is 15.1. The van der Waals surface area contributed by atoms with Crippen LogP contribution in [0.1, 0.15) is 43.4 Å². The van der Waals surface area contributed by atoms with Crippen molar-refractivity contribution in [1.29, 1.82) is 0 Å². The van der Waals surface area contributed by atoms with Gasteiger partial charge in [-0.1, -0.05) is 55.8 Å². The third-order valence-electron chi connectivity index (χ3n) is 4.95. The van der Waals surface area contributed by atoms with Gasteiger partial charge in [-0.05, 0) is 66.6 Å². The highest BCUT2D eigenvalue weighted by molar-refractivity contribution is 5.67. The first-order valence-corrected chi connectivity index (χ1v) is 10.0. The quantitative estimate of drug-likeness (QED) is 0.471. The number of rotatable bonds is 8. The number of anilines is 1. The van der Waals surface area contributed by atoms with Crippen molar-refractivity contribution >= 4 is 5.69 Å². The van der Waals surface area contributed by atoms with Crippen molar-refractivity contribution in [3.05, 3.63) is 83.7 Å². The Morgan fingerprint density at radius 1 is 0.815 bits per heavy atom. The third kappa shape index (κ3) is 4.97. The molecule has 0 aliphatic carbocycles. The van der Waals surface area contributed by atoms with E-state index in [1.54, 1.807) is 0 Å². The molecule has 0 bridgehead atoms. The van der Waals surface area contributed by atoms with E-state index in [9.17, 15) is 0 Å². The molecule has 1 aromatic heterocycles. The monoisotopic (exact) mass is 358 g/mol. The molecule has 1 heterocycles. The van der Waals surface area contributed by atoms with Crippen molar-refractivity contribution in [2.24, 2.45) is 0 Å². The van der Waals surface area contributed by atoms with Crippen LogP contribution in [0.15, 0.2) is 67.0 Å². The standard InChI is InChI=1S/C25H30N2/c1-4-16-27(17-5-2)24-12-8-21(9-13-24)18-23-19-26-15-14-25(23)22-10-6-20(3)7-11-22/h6-15,19H,4-5,16-18H2,1-3H3. The molecule has 0 aliphatic heterocycles. The molecular weight excluding hydrogens is 328 g/mol. The maximum Gasteiger partial charge on any atom is 0.0366 e. The van der Waals surface area contributed by atoms with Crippen LogP contribution in [0.3, 0.4) is 0 Å². The lowest BCUT2D eigenvalue weighted by Gasteiger charge is -2.24. The van der Waals surface area contributed by atoms with Crippen LogP contribution in [0.25, 0.3) is 11.1 Å². The maximum absolute atomic E-state index is 4.37. The molecule has 0 unspecified atom stereocenters. The van der Waals surface area contributed by atoms with E-state index in [0.717, 1.165) is 19.5 Å². The Morgan fingerprint density at radius 3 is 2.11 bits per heavy atom. The van der Waals surface area contributed by atoms with Crippen molar-refractivity contribution in [3.63, 3.8) is 0 Å². The summed E-state index contributed by atoms with van der Waals surface area (Å²) in [7, 11) is 0. The number of nitrogens with zero attached hydrogens (tertiary/aromatic N) is 2. The van der Waals surface area contributed by atoms with Crippen LogP contribution in [0.4, 0.5) is 5.69 Å². The molecule has 0 N–H and O–H groups in total. The van der Waals surface area contributed by atoms with Crippen molar-refractivity contribution in [3.8, 4) is 11.1 Å². The van der Waals surface area contributed by atoms with Gasteiger partial charge >= 0.3 is 0 Å². The van der Waals surface area contributed by atoms with Gasteiger partial charge < -0.3 is 4.90 Å². The second-order valence-electron chi connectivity index (χ2n) is 7.23. The molecule has 0 atom stereocenters. The van der Waals surface area contributed by atoms with Crippen molar-refractivity contribution in [2.45, 2.75) is 40.0 Å². The molecule has 0 aliphatic rings. The topological polar surface area (TPSA) is 16.1 Å². The van der Waals surface area contributed by atoms with E-state index in [1.807, 2.05) is 12.4 Å². The van der Waals surface area contributed by atoms with E-state index in [0.29, 0.717) is 0 Å². The zero-order valence-corrected chi connectivity index (χ0v) is 16.8. The van der Waals surface area contributed by atoms with Gasteiger partial charge in [0, 0.05) is 31.2 Å². The Labute approximate surface area is 163 Å². The summed E-state index contributed by atoms with van der Waals surface area (Å²) in [5.74, 6) is 0. The Kier molecular flexibility index (Phi) is 6.64. The van der Waals surface area contributed by atoms with E-state index in [1.165, 1.54) is 46.3 Å². The Hall–Kier alpha value is -2.61. The summed E-state index contributed by atoms with van der Waals surface area (Å²) in [4.78, 5) is 6.85. The largest absolute Gasteiger partial charge is 0.372 e. The lowest BCUT2D eigenvalue weighted by Crippen LogP contribution is -2.24. The van der Waals surface area contributed by atoms with Gasteiger partial charge in [-0.3, -0.25) is 4.98 Å². The number of hydrogen-bond donors (Lipinski definition) is 0. The first kappa shape index (κ1) is 19.2. The summed E-state index contributed by atoms with van der Waals surface area (Å²) in [5.41, 5.74) is 7.74. The Bertz CT molecular complexity index is 829. The fraction of sp³-hybridized carbons (Fsp3) is 0.320. The number of benzene rings is 2. The second-order valence-corrected chi connectivity index (χ2v) is 7.23. The van der Waals surface area contributed by atoms with Crippen LogP contribution in [-0.4, -0.2) is 18.1 Å². The molecule has 0 spiro atoms. The Morgan fingerprint density at radius 2 is 1.48 bits per heavy atom. The van der Waals surface area contributed by atoms with Crippen LogP contribution in [0.5, 0.6) is 0 Å². The fourth-order valence-electron chi connectivity index (χ4n) is 3.54. The molecule has 0 saturated heterocycles. The summed E-state index contributed by atoms with van der Waals surface area (Å²) in [6.45, 7) is 8.85. The smallest absolute Gasteiger partial charge is 0.0366 e. The molecule has 3 aromatic rings. The van der Waals surface area contributed by atoms with Gasteiger partial charge in [0.25, 0.3) is 0 Å². The number of aryl methyl sites for hydroxylation is 1. The number of pyridine rings is 1. The van der Waals surface area contributed by atoms with Crippen molar-refractivity contribution in [1.82, 2.24) is 4.98 Å². The highest BCUT2D eigenvalue weighted by Crippen LogP contribution is 2.26. The molecule has 0 saturated carbocycles. The molecule has 0 fully saturated rings. The number of hydrogen-bond acceptors (Lipinski definition) is 2. The molecule has 2 nitrogen and oxygen atoms in total. The van der Waals surface area contributed by atoms with E-state index in [-0.39, 0.29) is 0 Å². The first-order chi connectivity index (χ1) is 13.2. The molecule has 27 heavy (non-hydrogen) atoms. The fourth-order valence-corrected chi connectivity index (χ4v) is 3.54. The van der Waals surface area contributed by atoms with E-state index >= 15 is 0 Å². The molecule has 0 radical (unpaired) electrons. The summed E-state index contributed by atoms with van der Waals surface area (Å²) < 4.78 is 0. The van der Waals surface area contributed by atoms with Gasteiger partial charge in [0.2, 0.25) is 0 Å². The lowest BCUT2D eigenvalue weighted by molar-refractivity contribution is 0.745. The first-order valence-electron chi connectivity index (χ1n) is 10.0. The third-order valence-corrected chi connectivity index (χ3v) is 4.95. The minimum Gasteiger partial charge on any atom is -0.372 e. The normalized spacial score (nSPS) is 10.8. The SMILES string of the molecule is CCCN(CCC)c1ccc(Cc2cnccc2-c2ccc(C)cc2)cc1. The van der Waals surface area contributed by atoms with E-state index in [2.05, 4.69) is 85.3 Å². The van der Waals surface area contributed by atoms with Crippen LogP contribution in [0, 0.1) is 6.92 Å². The predicted molar refractivity (Wildman–Crippen MR) is 116 cm³/mol. The average Bonchev–Trinajstić information content (AvgIpc) is 2.70. The summed E-state index contributed by atoms with van der Waals surface area (Å²) in [6, 6.07) is 19.9. The molecule has 2 heteroatoms. The zero-order chi connectivity index (χ0) is 19.1. The van der Waals surface area contributed by atoms with Gasteiger partial charge in [0.15, 0.2) is 0 Å². The van der Waals surface area contributed by atoms with Crippen LogP contribution >= 0.6 is 0 Å². The second kappa shape index (κ2) is 9.36. The number of aromatic nitrogens is 1. The average molecular weight is 359 g/mol. The minimum atomic E-state index is 0.902. The zero-order valence-electron chi connectivity index (χ0n) is 16.8. The van der Waals surface area contributed by atoms with Crippen LogP contribution in [0.2, 0.25) is 0 Å². The maximum atomic E-state index is 4.37. The lowest BCUT2D eigenvalue weighted by atomic mass is 9.96. The van der Waals surface area contributed by atoms with Crippen LogP contribution in [-0.2, 0) is 6.42 Å². The van der Waals surface area contributed by atoms with Gasteiger partial charge in [-0.15, -0.1) is 0 Å². The highest BCUT2D eigenvalue weighted by Gasteiger charge is 2.08. The summed E-state index contributed by atoms with van der Waals surface area (Å²) >= 11 is 0. The minimum absolute atomic E-state index is 0.902. The van der Waals surface area contributed by atoms with E-state index in [4.69, 9.17) is 0 Å². The molecule has 140 valence electrons.